The van der Waals surface area contributed by atoms with Gasteiger partial charge in [0.1, 0.15) is 11.6 Å². The van der Waals surface area contributed by atoms with Crippen LogP contribution in [0.5, 0.6) is 5.75 Å². The van der Waals surface area contributed by atoms with Gasteiger partial charge in [-0.25, -0.2) is 4.39 Å². The number of ether oxygens (including phenoxy) is 1. The van der Waals surface area contributed by atoms with Crippen LogP contribution >= 0.6 is 0 Å². The Morgan fingerprint density at radius 2 is 1.95 bits per heavy atom. The van der Waals surface area contributed by atoms with Gasteiger partial charge in [-0.2, -0.15) is 0 Å². The predicted molar refractivity (Wildman–Crippen MR) is 81.4 cm³/mol. The number of hydrogen-bond donors (Lipinski definition) is 2. The number of nitrogens with two attached hydrogens (primary N) is 1. The van der Waals surface area contributed by atoms with Gasteiger partial charge in [0.15, 0.2) is 0 Å². The molecule has 20 heavy (non-hydrogen) atoms. The summed E-state index contributed by atoms with van der Waals surface area (Å²) < 4.78 is 19.0. The Morgan fingerprint density at radius 3 is 2.60 bits per heavy atom. The molecule has 0 unspecified atom stereocenters. The number of methoxy groups -OCH3 is 1. The molecule has 0 radical (unpaired) electrons. The summed E-state index contributed by atoms with van der Waals surface area (Å²) in [6.45, 7) is 0. The van der Waals surface area contributed by atoms with Crippen molar-refractivity contribution < 1.29 is 9.13 Å². The molecule has 0 aliphatic heterocycles. The SMILES string of the molecule is COc1cc(Nc2cccc(N(C)C)c2)c(F)cc1N. The highest BCUT2D eigenvalue weighted by Gasteiger charge is 2.09. The highest BCUT2D eigenvalue weighted by atomic mass is 19.1. The lowest BCUT2D eigenvalue weighted by Gasteiger charge is -2.15. The van der Waals surface area contributed by atoms with E-state index in [1.165, 1.54) is 13.2 Å². The molecule has 2 aromatic rings. The van der Waals surface area contributed by atoms with Crippen molar-refractivity contribution in [1.82, 2.24) is 0 Å². The average molecular weight is 275 g/mol. The fourth-order valence-electron chi connectivity index (χ4n) is 1.86. The normalized spacial score (nSPS) is 10.2. The number of anilines is 4. The van der Waals surface area contributed by atoms with Gasteiger partial charge in [-0.1, -0.05) is 6.07 Å². The Bertz CT molecular complexity index is 614. The highest BCUT2D eigenvalue weighted by molar-refractivity contribution is 5.69. The summed E-state index contributed by atoms with van der Waals surface area (Å²) in [6.07, 6.45) is 0. The summed E-state index contributed by atoms with van der Waals surface area (Å²) in [5.41, 5.74) is 8.08. The Hall–Kier alpha value is -2.43. The van der Waals surface area contributed by atoms with E-state index in [4.69, 9.17) is 10.5 Å². The molecule has 3 N–H and O–H groups in total. The molecule has 0 fully saturated rings. The highest BCUT2D eigenvalue weighted by Crippen LogP contribution is 2.30. The second-order valence-electron chi connectivity index (χ2n) is 4.64. The van der Waals surface area contributed by atoms with E-state index in [0.29, 0.717) is 11.4 Å². The fraction of sp³-hybridized carbons (Fsp3) is 0.200. The van der Waals surface area contributed by atoms with Crippen molar-refractivity contribution in [2.75, 3.05) is 37.2 Å². The van der Waals surface area contributed by atoms with Crippen LogP contribution in [-0.4, -0.2) is 21.2 Å². The molecule has 0 bridgehead atoms. The number of rotatable bonds is 4. The third-order valence-electron chi connectivity index (χ3n) is 2.96. The summed E-state index contributed by atoms with van der Waals surface area (Å²) >= 11 is 0. The summed E-state index contributed by atoms with van der Waals surface area (Å²) in [4.78, 5) is 1.98. The van der Waals surface area contributed by atoms with Gasteiger partial charge in [0.05, 0.1) is 18.5 Å². The van der Waals surface area contributed by atoms with Crippen LogP contribution in [0.1, 0.15) is 0 Å². The molecule has 0 saturated heterocycles. The molecule has 0 spiro atoms. The van der Waals surface area contributed by atoms with Gasteiger partial charge < -0.3 is 20.7 Å². The van der Waals surface area contributed by atoms with Crippen molar-refractivity contribution in [3.05, 3.63) is 42.2 Å². The summed E-state index contributed by atoms with van der Waals surface area (Å²) in [5.74, 6) is 0.0243. The lowest BCUT2D eigenvalue weighted by atomic mass is 10.2. The Kier molecular flexibility index (Phi) is 3.98. The maximum absolute atomic E-state index is 13.9. The van der Waals surface area contributed by atoms with Crippen LogP contribution in [0.3, 0.4) is 0 Å². The first-order valence-electron chi connectivity index (χ1n) is 6.18. The summed E-state index contributed by atoms with van der Waals surface area (Å²) in [5, 5.41) is 3.03. The number of halogens is 1. The van der Waals surface area contributed by atoms with Crippen LogP contribution in [0.2, 0.25) is 0 Å². The van der Waals surface area contributed by atoms with Crippen molar-refractivity contribution in [3.8, 4) is 5.75 Å². The van der Waals surface area contributed by atoms with Crippen LogP contribution in [0.25, 0.3) is 0 Å². The molecule has 4 nitrogen and oxygen atoms in total. The summed E-state index contributed by atoms with van der Waals surface area (Å²) in [7, 11) is 5.40. The number of nitrogens with zero attached hydrogens (tertiary/aromatic N) is 1. The van der Waals surface area contributed by atoms with Gasteiger partial charge in [0, 0.05) is 37.6 Å². The smallest absolute Gasteiger partial charge is 0.148 e. The second-order valence-corrected chi connectivity index (χ2v) is 4.64. The maximum atomic E-state index is 13.9. The monoisotopic (exact) mass is 275 g/mol. The zero-order valence-electron chi connectivity index (χ0n) is 11.8. The maximum Gasteiger partial charge on any atom is 0.148 e. The minimum Gasteiger partial charge on any atom is -0.495 e. The van der Waals surface area contributed by atoms with Crippen molar-refractivity contribution in [1.29, 1.82) is 0 Å². The van der Waals surface area contributed by atoms with Gasteiger partial charge in [0.25, 0.3) is 0 Å². The van der Waals surface area contributed by atoms with Crippen LogP contribution in [0, 0.1) is 5.82 Å². The lowest BCUT2D eigenvalue weighted by Crippen LogP contribution is -2.08. The molecule has 0 atom stereocenters. The standard InChI is InChI=1S/C15H18FN3O/c1-19(2)11-6-4-5-10(7-11)18-14-9-15(20-3)13(17)8-12(14)16/h4-9,18H,17H2,1-3H3. The number of nitrogens with one attached hydrogen (secondary N) is 1. The molecule has 2 rings (SSSR count). The minimum atomic E-state index is -0.418. The van der Waals surface area contributed by atoms with E-state index in [1.54, 1.807) is 6.07 Å². The van der Waals surface area contributed by atoms with E-state index in [-0.39, 0.29) is 5.69 Å². The molecule has 0 aliphatic rings. The zero-order valence-corrected chi connectivity index (χ0v) is 11.8. The topological polar surface area (TPSA) is 50.5 Å². The first-order valence-corrected chi connectivity index (χ1v) is 6.18. The van der Waals surface area contributed by atoms with E-state index in [9.17, 15) is 4.39 Å². The largest absolute Gasteiger partial charge is 0.495 e. The molecule has 0 aliphatic carbocycles. The minimum absolute atomic E-state index is 0.276. The third-order valence-corrected chi connectivity index (χ3v) is 2.96. The number of hydrogen-bond acceptors (Lipinski definition) is 4. The van der Waals surface area contributed by atoms with E-state index >= 15 is 0 Å². The molecule has 2 aromatic carbocycles. The van der Waals surface area contributed by atoms with Crippen molar-refractivity contribution in [2.45, 2.75) is 0 Å². The molecule has 0 heterocycles. The molecular formula is C15H18FN3O. The Balaban J connectivity index is 2.32. The van der Waals surface area contributed by atoms with Gasteiger partial charge in [0.2, 0.25) is 0 Å². The van der Waals surface area contributed by atoms with Gasteiger partial charge >= 0.3 is 0 Å². The molecule has 0 saturated carbocycles. The lowest BCUT2D eigenvalue weighted by molar-refractivity contribution is 0.416. The predicted octanol–water partition coefficient (Wildman–Crippen LogP) is 3.23. The second kappa shape index (κ2) is 5.69. The molecular weight excluding hydrogens is 257 g/mol. The van der Waals surface area contributed by atoms with Crippen molar-refractivity contribution in [3.63, 3.8) is 0 Å². The quantitative estimate of drug-likeness (QED) is 0.841. The molecule has 0 aromatic heterocycles. The van der Waals surface area contributed by atoms with Crippen LogP contribution in [0.15, 0.2) is 36.4 Å². The first kappa shape index (κ1) is 14.0. The summed E-state index contributed by atoms with van der Waals surface area (Å²) in [6, 6.07) is 10.5. The molecule has 0 amide bonds. The van der Waals surface area contributed by atoms with E-state index in [0.717, 1.165) is 11.4 Å². The van der Waals surface area contributed by atoms with Crippen LogP contribution < -0.4 is 20.7 Å². The van der Waals surface area contributed by atoms with E-state index < -0.39 is 5.82 Å². The number of nitrogen functional groups attached to an aromatic ring is 1. The third kappa shape index (κ3) is 2.93. The molecule has 106 valence electrons. The number of benzene rings is 2. The average Bonchev–Trinajstić information content (AvgIpc) is 2.42. The molecule has 5 heteroatoms. The Morgan fingerprint density at radius 1 is 1.20 bits per heavy atom. The van der Waals surface area contributed by atoms with Crippen molar-refractivity contribution >= 4 is 22.7 Å². The van der Waals surface area contributed by atoms with Gasteiger partial charge in [-0.05, 0) is 18.2 Å². The van der Waals surface area contributed by atoms with E-state index in [2.05, 4.69) is 5.32 Å². The van der Waals surface area contributed by atoms with Gasteiger partial charge in [-0.3, -0.25) is 0 Å². The van der Waals surface area contributed by atoms with Gasteiger partial charge in [-0.15, -0.1) is 0 Å². The fourth-order valence-corrected chi connectivity index (χ4v) is 1.86. The van der Waals surface area contributed by atoms with Crippen LogP contribution in [-0.2, 0) is 0 Å². The van der Waals surface area contributed by atoms with Crippen LogP contribution in [0.4, 0.5) is 27.1 Å². The Labute approximate surface area is 118 Å². The van der Waals surface area contributed by atoms with Crippen molar-refractivity contribution in [2.24, 2.45) is 0 Å². The zero-order chi connectivity index (χ0) is 14.7. The first-order chi connectivity index (χ1) is 9.51. The van der Waals surface area contributed by atoms with E-state index in [1.807, 2.05) is 43.3 Å².